The number of methoxy groups -OCH3 is 1. The van der Waals surface area contributed by atoms with E-state index in [-0.39, 0.29) is 11.6 Å². The first-order chi connectivity index (χ1) is 9.62. The Morgan fingerprint density at radius 1 is 1.25 bits per heavy atom. The smallest absolute Gasteiger partial charge is 0.338 e. The molecule has 100 valence electrons. The molecule has 7 heteroatoms. The lowest BCUT2D eigenvalue weighted by molar-refractivity contribution is 0.0696. The summed E-state index contributed by atoms with van der Waals surface area (Å²) < 4.78 is 10.4. The fraction of sp³-hybridized carbons (Fsp3) is 0.0769. The predicted molar refractivity (Wildman–Crippen MR) is 66.8 cm³/mol. The molecule has 0 fully saturated rings. The molecule has 0 saturated carbocycles. The number of rotatable bonds is 4. The highest BCUT2D eigenvalue weighted by Crippen LogP contribution is 2.25. The first-order valence-electron chi connectivity index (χ1n) is 5.44. The van der Waals surface area contributed by atoms with Crippen LogP contribution in [0.3, 0.4) is 0 Å². The molecule has 0 unspecified atom stereocenters. The maximum absolute atomic E-state index is 10.7. The molecule has 1 aromatic heterocycles. The van der Waals surface area contributed by atoms with Crippen molar-refractivity contribution in [1.29, 1.82) is 5.26 Å². The quantitative estimate of drug-likeness (QED) is 0.904. The number of aromatic nitrogens is 2. The van der Waals surface area contributed by atoms with E-state index in [0.717, 1.165) is 12.4 Å². The first kappa shape index (κ1) is 13.3. The van der Waals surface area contributed by atoms with Crippen LogP contribution in [0.15, 0.2) is 30.6 Å². The summed E-state index contributed by atoms with van der Waals surface area (Å²) in [5, 5.41) is 17.6. The second-order valence-corrected chi connectivity index (χ2v) is 3.67. The van der Waals surface area contributed by atoms with Crippen LogP contribution in [-0.2, 0) is 0 Å². The van der Waals surface area contributed by atoms with Gasteiger partial charge in [0.25, 0.3) is 0 Å². The maximum atomic E-state index is 10.7. The van der Waals surface area contributed by atoms with Gasteiger partial charge in [-0.25, -0.2) is 14.8 Å². The van der Waals surface area contributed by atoms with E-state index >= 15 is 0 Å². The van der Waals surface area contributed by atoms with Crippen LogP contribution in [0, 0.1) is 11.3 Å². The molecule has 20 heavy (non-hydrogen) atoms. The molecule has 0 aliphatic rings. The van der Waals surface area contributed by atoms with Crippen LogP contribution in [0.1, 0.15) is 15.9 Å². The lowest BCUT2D eigenvalue weighted by Crippen LogP contribution is -2.00. The Balaban J connectivity index is 2.25. The molecule has 0 amide bonds. The highest BCUT2D eigenvalue weighted by atomic mass is 16.5. The summed E-state index contributed by atoms with van der Waals surface area (Å²) in [6.45, 7) is 0. The van der Waals surface area contributed by atoms with E-state index in [0.29, 0.717) is 17.1 Å². The summed E-state index contributed by atoms with van der Waals surface area (Å²) in [7, 11) is 1.47. The normalized spacial score (nSPS) is 9.60. The lowest BCUT2D eigenvalue weighted by Gasteiger charge is -2.06. The second kappa shape index (κ2) is 5.67. The Morgan fingerprint density at radius 2 is 1.90 bits per heavy atom. The molecule has 0 saturated heterocycles. The third-order valence-corrected chi connectivity index (χ3v) is 2.33. The molecule has 2 rings (SSSR count). The SMILES string of the molecule is COc1cc(C#N)cc(Oc2ncc(C(=O)O)cn2)c1. The number of nitrogens with zero attached hydrogens (tertiary/aromatic N) is 3. The Hall–Kier alpha value is -3.14. The lowest BCUT2D eigenvalue weighted by atomic mass is 10.2. The number of hydrogen-bond donors (Lipinski definition) is 1. The number of carbonyl (C=O) groups is 1. The zero-order valence-electron chi connectivity index (χ0n) is 10.4. The van der Waals surface area contributed by atoms with Gasteiger partial charge in [-0.3, -0.25) is 0 Å². The third kappa shape index (κ3) is 3.00. The van der Waals surface area contributed by atoms with E-state index in [4.69, 9.17) is 19.8 Å². The maximum Gasteiger partial charge on any atom is 0.338 e. The highest BCUT2D eigenvalue weighted by molar-refractivity contribution is 5.86. The van der Waals surface area contributed by atoms with Gasteiger partial charge >= 0.3 is 12.0 Å². The summed E-state index contributed by atoms with van der Waals surface area (Å²) >= 11 is 0. The summed E-state index contributed by atoms with van der Waals surface area (Å²) in [5.41, 5.74) is 0.321. The molecule has 0 aliphatic carbocycles. The summed E-state index contributed by atoms with van der Waals surface area (Å²) in [6.07, 6.45) is 2.27. The molecular weight excluding hydrogens is 262 g/mol. The van der Waals surface area contributed by atoms with E-state index in [1.165, 1.54) is 13.2 Å². The highest BCUT2D eigenvalue weighted by Gasteiger charge is 2.07. The minimum absolute atomic E-state index is 0.0212. The monoisotopic (exact) mass is 271 g/mol. The largest absolute Gasteiger partial charge is 0.497 e. The summed E-state index contributed by atoms with van der Waals surface area (Å²) in [6, 6.07) is 6.57. The molecule has 0 aliphatic heterocycles. The van der Waals surface area contributed by atoms with Gasteiger partial charge in [-0.15, -0.1) is 0 Å². The van der Waals surface area contributed by atoms with Crippen LogP contribution in [0.25, 0.3) is 0 Å². The van der Waals surface area contributed by atoms with Gasteiger partial charge in [0.2, 0.25) is 0 Å². The molecule has 0 radical (unpaired) electrons. The minimum Gasteiger partial charge on any atom is -0.497 e. The average molecular weight is 271 g/mol. The van der Waals surface area contributed by atoms with Crippen LogP contribution in [0.2, 0.25) is 0 Å². The Bertz CT molecular complexity index is 677. The van der Waals surface area contributed by atoms with Gasteiger partial charge in [-0.05, 0) is 12.1 Å². The van der Waals surface area contributed by atoms with Crippen molar-refractivity contribution in [2.45, 2.75) is 0 Å². The van der Waals surface area contributed by atoms with E-state index in [2.05, 4.69) is 9.97 Å². The van der Waals surface area contributed by atoms with Crippen molar-refractivity contribution in [3.05, 3.63) is 41.7 Å². The van der Waals surface area contributed by atoms with Gasteiger partial charge in [0.1, 0.15) is 11.5 Å². The van der Waals surface area contributed by atoms with Crippen molar-refractivity contribution >= 4 is 5.97 Å². The first-order valence-corrected chi connectivity index (χ1v) is 5.44. The fourth-order valence-corrected chi connectivity index (χ4v) is 1.40. The van der Waals surface area contributed by atoms with Gasteiger partial charge in [0.15, 0.2) is 0 Å². The van der Waals surface area contributed by atoms with Crippen molar-refractivity contribution in [3.63, 3.8) is 0 Å². The summed E-state index contributed by atoms with van der Waals surface area (Å²) in [4.78, 5) is 18.2. The summed E-state index contributed by atoms with van der Waals surface area (Å²) in [5.74, 6) is -0.338. The molecule has 0 atom stereocenters. The standard InChI is InChI=1S/C13H9N3O4/c1-19-10-2-8(5-14)3-11(4-10)20-13-15-6-9(7-16-13)12(17)18/h2-4,6-7H,1H3,(H,17,18). The van der Waals surface area contributed by atoms with Gasteiger partial charge < -0.3 is 14.6 Å². The topological polar surface area (TPSA) is 105 Å². The molecule has 7 nitrogen and oxygen atoms in total. The van der Waals surface area contributed by atoms with E-state index < -0.39 is 5.97 Å². The van der Waals surface area contributed by atoms with Gasteiger partial charge in [-0.2, -0.15) is 5.26 Å². The minimum atomic E-state index is -1.12. The van der Waals surface area contributed by atoms with Crippen molar-refractivity contribution in [1.82, 2.24) is 9.97 Å². The Morgan fingerprint density at radius 3 is 2.45 bits per heavy atom. The number of aromatic carboxylic acids is 1. The van der Waals surface area contributed by atoms with E-state index in [9.17, 15) is 4.79 Å². The van der Waals surface area contributed by atoms with Gasteiger partial charge in [0, 0.05) is 18.5 Å². The number of carboxylic acid groups (broad SMARTS) is 1. The van der Waals surface area contributed by atoms with Crippen LogP contribution >= 0.6 is 0 Å². The zero-order chi connectivity index (χ0) is 14.5. The molecule has 2 aromatic rings. The van der Waals surface area contributed by atoms with Gasteiger partial charge in [-0.1, -0.05) is 0 Å². The van der Waals surface area contributed by atoms with Crippen molar-refractivity contribution in [2.24, 2.45) is 0 Å². The molecule has 0 bridgehead atoms. The third-order valence-electron chi connectivity index (χ3n) is 2.33. The van der Waals surface area contributed by atoms with Crippen molar-refractivity contribution in [3.8, 4) is 23.6 Å². The molecule has 1 aromatic carbocycles. The fourth-order valence-electron chi connectivity index (χ4n) is 1.40. The molecular formula is C13H9N3O4. The zero-order valence-corrected chi connectivity index (χ0v) is 10.4. The van der Waals surface area contributed by atoms with E-state index in [1.807, 2.05) is 6.07 Å². The predicted octanol–water partition coefficient (Wildman–Crippen LogP) is 1.85. The second-order valence-electron chi connectivity index (χ2n) is 3.67. The van der Waals surface area contributed by atoms with E-state index in [1.54, 1.807) is 12.1 Å². The molecule has 1 heterocycles. The number of benzene rings is 1. The molecule has 0 spiro atoms. The van der Waals surface area contributed by atoms with Crippen LogP contribution in [0.5, 0.6) is 17.5 Å². The Labute approximate surface area is 114 Å². The number of carboxylic acids is 1. The average Bonchev–Trinajstić information content (AvgIpc) is 2.47. The Kier molecular flexibility index (Phi) is 3.77. The number of nitriles is 1. The number of ether oxygens (including phenoxy) is 2. The van der Waals surface area contributed by atoms with Crippen molar-refractivity contribution in [2.75, 3.05) is 7.11 Å². The van der Waals surface area contributed by atoms with Crippen molar-refractivity contribution < 1.29 is 19.4 Å². The van der Waals surface area contributed by atoms with Gasteiger partial charge in [0.05, 0.1) is 24.3 Å². The molecule has 1 N–H and O–H groups in total. The number of hydrogen-bond acceptors (Lipinski definition) is 6. The van der Waals surface area contributed by atoms with Crippen LogP contribution < -0.4 is 9.47 Å². The van der Waals surface area contributed by atoms with Crippen LogP contribution in [-0.4, -0.2) is 28.2 Å². The van der Waals surface area contributed by atoms with Crippen LogP contribution in [0.4, 0.5) is 0 Å².